The molecular weight excluding hydrogens is 394 g/mol. The lowest BCUT2D eigenvalue weighted by molar-refractivity contribution is 0.0988. The normalized spacial score (nSPS) is 12.4. The number of amides is 1. The van der Waals surface area contributed by atoms with Crippen molar-refractivity contribution in [1.82, 2.24) is 0 Å². The number of hydrogen-bond acceptors (Lipinski definition) is 5. The van der Waals surface area contributed by atoms with E-state index in [2.05, 4.69) is 0 Å². The van der Waals surface area contributed by atoms with Crippen molar-refractivity contribution in [2.75, 3.05) is 14.2 Å². The molecule has 6 heteroatoms. The largest absolute Gasteiger partial charge is 0.493 e. The molecule has 31 heavy (non-hydrogen) atoms. The summed E-state index contributed by atoms with van der Waals surface area (Å²) in [7, 11) is 3.14. The van der Waals surface area contributed by atoms with E-state index >= 15 is 0 Å². The highest BCUT2D eigenvalue weighted by Crippen LogP contribution is 2.46. The minimum atomic E-state index is -0.475. The molecule has 1 amide bonds. The first-order chi connectivity index (χ1) is 15.0. The lowest BCUT2D eigenvalue weighted by atomic mass is 9.95. The molecule has 0 aliphatic heterocycles. The second-order valence-corrected chi connectivity index (χ2v) is 7.28. The number of rotatable bonds is 7. The van der Waals surface area contributed by atoms with Gasteiger partial charge in [-0.25, -0.2) is 0 Å². The molecule has 2 N–H and O–H groups in total. The zero-order valence-corrected chi connectivity index (χ0v) is 17.4. The maximum Gasteiger partial charge on any atom is 0.248 e. The van der Waals surface area contributed by atoms with Crippen LogP contribution in [0.25, 0.3) is 11.1 Å². The molecule has 0 heterocycles. The summed E-state index contributed by atoms with van der Waals surface area (Å²) in [5.41, 5.74) is 10.2. The highest BCUT2D eigenvalue weighted by atomic mass is 16.5. The lowest BCUT2D eigenvalue weighted by Gasteiger charge is -2.19. The van der Waals surface area contributed by atoms with Crippen LogP contribution in [0.1, 0.15) is 38.3 Å². The van der Waals surface area contributed by atoms with Gasteiger partial charge in [-0.1, -0.05) is 30.3 Å². The molecule has 0 fully saturated rings. The fourth-order valence-electron chi connectivity index (χ4n) is 3.92. The van der Waals surface area contributed by atoms with E-state index in [0.29, 0.717) is 35.7 Å². The number of nitrogens with two attached hydrogens (primary N) is 1. The van der Waals surface area contributed by atoms with Gasteiger partial charge >= 0.3 is 0 Å². The number of benzene rings is 3. The van der Waals surface area contributed by atoms with Gasteiger partial charge in [0, 0.05) is 23.1 Å². The zero-order chi connectivity index (χ0) is 22.0. The number of Topliss-reactive ketones (excluding diaryl/α,β-unsaturated/α-hetero) is 1. The summed E-state index contributed by atoms with van der Waals surface area (Å²) in [6.07, 6.45) is 1.22. The van der Waals surface area contributed by atoms with Crippen molar-refractivity contribution in [1.29, 1.82) is 0 Å². The van der Waals surface area contributed by atoms with E-state index in [1.54, 1.807) is 38.5 Å². The summed E-state index contributed by atoms with van der Waals surface area (Å²) < 4.78 is 17.3. The smallest absolute Gasteiger partial charge is 0.248 e. The summed E-state index contributed by atoms with van der Waals surface area (Å²) in [6.45, 7) is 0.253. The highest BCUT2D eigenvalue weighted by Gasteiger charge is 2.26. The predicted octanol–water partition coefficient (Wildman–Crippen LogP) is 4.18. The van der Waals surface area contributed by atoms with Gasteiger partial charge in [-0.3, -0.25) is 9.59 Å². The van der Waals surface area contributed by atoms with Crippen LogP contribution in [0.5, 0.6) is 17.2 Å². The molecule has 158 valence electrons. The number of methoxy groups -OCH3 is 2. The molecule has 0 aromatic heterocycles. The fourth-order valence-corrected chi connectivity index (χ4v) is 3.92. The first-order valence-corrected chi connectivity index (χ1v) is 9.95. The SMILES string of the molecule is COc1ccc(-c2cccc3c2CCC3=O)c(OCc2ccc(C(N)=O)cc2)c1OC. The van der Waals surface area contributed by atoms with Crippen molar-refractivity contribution in [3.63, 3.8) is 0 Å². The number of carbonyl (C=O) groups excluding carboxylic acids is 2. The van der Waals surface area contributed by atoms with E-state index in [-0.39, 0.29) is 12.4 Å². The maximum atomic E-state index is 12.2. The van der Waals surface area contributed by atoms with Crippen LogP contribution in [0, 0.1) is 0 Å². The maximum absolute atomic E-state index is 12.2. The van der Waals surface area contributed by atoms with Crippen LogP contribution in [0.4, 0.5) is 0 Å². The Morgan fingerprint density at radius 1 is 0.871 bits per heavy atom. The van der Waals surface area contributed by atoms with Crippen molar-refractivity contribution >= 4 is 11.7 Å². The predicted molar refractivity (Wildman–Crippen MR) is 117 cm³/mol. The number of carbonyl (C=O) groups is 2. The molecule has 0 atom stereocenters. The summed E-state index contributed by atoms with van der Waals surface area (Å²) in [4.78, 5) is 23.5. The molecule has 0 bridgehead atoms. The van der Waals surface area contributed by atoms with Gasteiger partial charge in [0.05, 0.1) is 14.2 Å². The molecule has 1 aliphatic rings. The molecular formula is C25H23NO5. The van der Waals surface area contributed by atoms with Crippen LogP contribution in [-0.2, 0) is 13.0 Å². The summed E-state index contributed by atoms with van der Waals surface area (Å²) in [6, 6.07) is 16.4. The third-order valence-electron chi connectivity index (χ3n) is 5.49. The van der Waals surface area contributed by atoms with Gasteiger partial charge in [-0.2, -0.15) is 0 Å². The molecule has 1 aliphatic carbocycles. The third-order valence-corrected chi connectivity index (χ3v) is 5.49. The average Bonchev–Trinajstić information content (AvgIpc) is 3.18. The Kier molecular flexibility index (Phi) is 5.62. The van der Waals surface area contributed by atoms with Gasteiger partial charge in [-0.05, 0) is 47.4 Å². The van der Waals surface area contributed by atoms with Crippen molar-refractivity contribution in [3.8, 4) is 28.4 Å². The number of hydrogen-bond donors (Lipinski definition) is 1. The molecule has 0 radical (unpaired) electrons. The lowest BCUT2D eigenvalue weighted by Crippen LogP contribution is -2.10. The topological polar surface area (TPSA) is 87.9 Å². The van der Waals surface area contributed by atoms with Crippen LogP contribution >= 0.6 is 0 Å². The first kappa shape index (κ1) is 20.5. The van der Waals surface area contributed by atoms with E-state index in [9.17, 15) is 9.59 Å². The summed E-state index contributed by atoms with van der Waals surface area (Å²) in [5.74, 6) is 1.25. The van der Waals surface area contributed by atoms with Gasteiger partial charge in [0.1, 0.15) is 6.61 Å². The van der Waals surface area contributed by atoms with Crippen LogP contribution in [0.3, 0.4) is 0 Å². The van der Waals surface area contributed by atoms with E-state index in [4.69, 9.17) is 19.9 Å². The minimum Gasteiger partial charge on any atom is -0.493 e. The van der Waals surface area contributed by atoms with Gasteiger partial charge in [-0.15, -0.1) is 0 Å². The summed E-state index contributed by atoms with van der Waals surface area (Å²) in [5, 5.41) is 0. The fraction of sp³-hybridized carbons (Fsp3) is 0.200. The molecule has 0 spiro atoms. The monoisotopic (exact) mass is 417 g/mol. The Balaban J connectivity index is 1.75. The van der Waals surface area contributed by atoms with E-state index in [0.717, 1.165) is 27.8 Å². The van der Waals surface area contributed by atoms with Gasteiger partial charge < -0.3 is 19.9 Å². The number of ether oxygens (including phenoxy) is 3. The minimum absolute atomic E-state index is 0.161. The van der Waals surface area contributed by atoms with E-state index in [1.165, 1.54) is 0 Å². The van der Waals surface area contributed by atoms with Crippen molar-refractivity contribution in [2.45, 2.75) is 19.4 Å². The first-order valence-electron chi connectivity index (χ1n) is 9.95. The van der Waals surface area contributed by atoms with Crippen molar-refractivity contribution < 1.29 is 23.8 Å². The quantitative estimate of drug-likeness (QED) is 0.623. The second kappa shape index (κ2) is 8.52. The van der Waals surface area contributed by atoms with Gasteiger partial charge in [0.2, 0.25) is 11.7 Å². The van der Waals surface area contributed by atoms with E-state index < -0.39 is 5.91 Å². The molecule has 4 rings (SSSR count). The van der Waals surface area contributed by atoms with Crippen molar-refractivity contribution in [3.05, 3.63) is 76.9 Å². The zero-order valence-electron chi connectivity index (χ0n) is 17.4. The number of fused-ring (bicyclic) bond motifs is 1. The summed E-state index contributed by atoms with van der Waals surface area (Å²) >= 11 is 0. The average molecular weight is 417 g/mol. The third kappa shape index (κ3) is 3.84. The highest BCUT2D eigenvalue weighted by molar-refractivity contribution is 6.02. The molecule has 3 aromatic carbocycles. The van der Waals surface area contributed by atoms with Crippen LogP contribution in [0.2, 0.25) is 0 Å². The second-order valence-electron chi connectivity index (χ2n) is 7.28. The molecule has 0 saturated heterocycles. The van der Waals surface area contributed by atoms with Crippen molar-refractivity contribution in [2.24, 2.45) is 5.73 Å². The van der Waals surface area contributed by atoms with Crippen LogP contribution in [0.15, 0.2) is 54.6 Å². The van der Waals surface area contributed by atoms with Crippen LogP contribution in [-0.4, -0.2) is 25.9 Å². The standard InChI is InChI=1S/C25H23NO5/c1-29-22-13-11-20(17-4-3-5-19-18(17)10-12-21(19)27)23(24(22)30-2)31-14-15-6-8-16(9-7-15)25(26)28/h3-9,11,13H,10,12,14H2,1-2H3,(H2,26,28). The van der Waals surface area contributed by atoms with Gasteiger partial charge in [0.15, 0.2) is 17.3 Å². The molecule has 6 nitrogen and oxygen atoms in total. The Bertz CT molecular complexity index is 1150. The number of ketones is 1. The Labute approximate surface area is 180 Å². The Morgan fingerprint density at radius 3 is 2.29 bits per heavy atom. The molecule has 0 saturated carbocycles. The van der Waals surface area contributed by atoms with E-state index in [1.807, 2.05) is 30.3 Å². The Morgan fingerprint density at radius 2 is 1.61 bits per heavy atom. The van der Waals surface area contributed by atoms with Gasteiger partial charge in [0.25, 0.3) is 0 Å². The Hall–Kier alpha value is -3.80. The van der Waals surface area contributed by atoms with Crippen LogP contribution < -0.4 is 19.9 Å². The number of primary amides is 1. The molecule has 3 aromatic rings. The molecule has 0 unspecified atom stereocenters.